The van der Waals surface area contributed by atoms with Crippen LogP contribution in [0.5, 0.6) is 23.0 Å². The minimum Gasteiger partial charge on any atom is -0.458 e. The molecular formula is C29H21BNO2+. The van der Waals surface area contributed by atoms with Crippen molar-refractivity contribution in [2.45, 2.75) is 6.92 Å². The molecule has 2 aliphatic heterocycles. The smallest absolute Gasteiger partial charge is 0.260 e. The first-order valence-corrected chi connectivity index (χ1v) is 11.3. The molecule has 0 amide bonds. The quantitative estimate of drug-likeness (QED) is 0.288. The summed E-state index contributed by atoms with van der Waals surface area (Å²) in [6, 6.07) is 29.7. The second kappa shape index (κ2) is 6.73. The van der Waals surface area contributed by atoms with Crippen LogP contribution < -0.4 is 30.4 Å². The van der Waals surface area contributed by atoms with E-state index in [1.54, 1.807) is 0 Å². The van der Waals surface area contributed by atoms with Crippen molar-refractivity contribution < 1.29 is 14.0 Å². The average molecular weight is 426 g/mol. The zero-order chi connectivity index (χ0) is 22.1. The van der Waals surface area contributed by atoms with E-state index in [1.807, 2.05) is 24.3 Å². The molecule has 3 nitrogen and oxygen atoms in total. The van der Waals surface area contributed by atoms with E-state index in [1.165, 1.54) is 38.5 Å². The fourth-order valence-electron chi connectivity index (χ4n) is 5.42. The number of fused-ring (bicyclic) bond motifs is 5. The molecule has 0 fully saturated rings. The summed E-state index contributed by atoms with van der Waals surface area (Å²) in [6.07, 6.45) is 2.15. The van der Waals surface area contributed by atoms with Gasteiger partial charge in [0.2, 0.25) is 5.69 Å². The molecule has 0 bridgehead atoms. The van der Waals surface area contributed by atoms with Crippen molar-refractivity contribution in [2.24, 2.45) is 7.05 Å². The lowest BCUT2D eigenvalue weighted by atomic mass is 9.35. The number of pyridine rings is 1. The summed E-state index contributed by atoms with van der Waals surface area (Å²) in [4.78, 5) is 0. The van der Waals surface area contributed by atoms with Crippen molar-refractivity contribution in [3.8, 4) is 34.3 Å². The predicted molar refractivity (Wildman–Crippen MR) is 133 cm³/mol. The fraction of sp³-hybridized carbons (Fsp3) is 0.0690. The highest BCUT2D eigenvalue weighted by molar-refractivity contribution is 6.98. The van der Waals surface area contributed by atoms with Crippen molar-refractivity contribution in [1.29, 1.82) is 0 Å². The minimum absolute atomic E-state index is 0.0881. The lowest BCUT2D eigenvalue weighted by molar-refractivity contribution is -0.659. The van der Waals surface area contributed by atoms with Gasteiger partial charge in [0.05, 0.1) is 5.39 Å². The largest absolute Gasteiger partial charge is 0.458 e. The third-order valence-corrected chi connectivity index (χ3v) is 6.96. The first-order valence-electron chi connectivity index (χ1n) is 11.3. The van der Waals surface area contributed by atoms with Crippen molar-refractivity contribution in [2.75, 3.05) is 0 Å². The first-order chi connectivity index (χ1) is 16.2. The number of rotatable bonds is 1. The Hall–Kier alpha value is -4.05. The monoisotopic (exact) mass is 426 g/mol. The number of hydrogen-bond acceptors (Lipinski definition) is 2. The topological polar surface area (TPSA) is 22.3 Å². The molecule has 2 aliphatic rings. The van der Waals surface area contributed by atoms with Crippen molar-refractivity contribution in [1.82, 2.24) is 0 Å². The van der Waals surface area contributed by atoms with Crippen LogP contribution in [-0.2, 0) is 7.05 Å². The summed E-state index contributed by atoms with van der Waals surface area (Å²) in [5.41, 5.74) is 7.17. The van der Waals surface area contributed by atoms with Gasteiger partial charge in [-0.3, -0.25) is 0 Å². The van der Waals surface area contributed by atoms with Gasteiger partial charge in [-0.2, -0.15) is 0 Å². The Balaban J connectivity index is 1.53. The molecule has 4 aromatic carbocycles. The van der Waals surface area contributed by atoms with Gasteiger partial charge in [-0.15, -0.1) is 0 Å². The van der Waals surface area contributed by atoms with Crippen molar-refractivity contribution >= 4 is 33.9 Å². The maximum Gasteiger partial charge on any atom is 0.260 e. The van der Waals surface area contributed by atoms with Gasteiger partial charge in [-0.05, 0) is 59.1 Å². The summed E-state index contributed by atoms with van der Waals surface area (Å²) >= 11 is 0. The van der Waals surface area contributed by atoms with Crippen LogP contribution in [-0.4, -0.2) is 6.71 Å². The van der Waals surface area contributed by atoms with Crippen molar-refractivity contribution in [3.05, 3.63) is 96.7 Å². The lowest BCUT2D eigenvalue weighted by Gasteiger charge is -2.32. The van der Waals surface area contributed by atoms with Gasteiger partial charge in [-0.1, -0.05) is 48.5 Å². The van der Waals surface area contributed by atoms with Crippen molar-refractivity contribution in [3.63, 3.8) is 0 Å². The van der Waals surface area contributed by atoms with Crippen LogP contribution in [0.15, 0.2) is 91.1 Å². The van der Waals surface area contributed by atoms with Gasteiger partial charge < -0.3 is 9.47 Å². The SMILES string of the molecule is Cc1ccccc1-c1c2cc3c(cc2cc[n+]1C)B1c2ccccc2Oc2cccc(c21)O3. The predicted octanol–water partition coefficient (Wildman–Crippen LogP) is 4.37. The second-order valence-corrected chi connectivity index (χ2v) is 8.91. The van der Waals surface area contributed by atoms with Gasteiger partial charge in [0, 0.05) is 17.1 Å². The molecule has 0 aliphatic carbocycles. The molecule has 0 N–H and O–H groups in total. The summed E-state index contributed by atoms with van der Waals surface area (Å²) in [7, 11) is 2.11. The Bertz CT molecular complexity index is 1610. The zero-order valence-corrected chi connectivity index (χ0v) is 18.5. The first kappa shape index (κ1) is 18.5. The summed E-state index contributed by atoms with van der Waals surface area (Å²) in [5.74, 6) is 3.58. The number of para-hydroxylation sites is 1. The van der Waals surface area contributed by atoms with Crippen LogP contribution in [0.4, 0.5) is 0 Å². The van der Waals surface area contributed by atoms with Crippen LogP contribution in [0.3, 0.4) is 0 Å². The van der Waals surface area contributed by atoms with Gasteiger partial charge in [0.15, 0.2) is 6.20 Å². The number of benzene rings is 4. The van der Waals surface area contributed by atoms with Crippen LogP contribution >= 0.6 is 0 Å². The Morgan fingerprint density at radius 1 is 0.697 bits per heavy atom. The summed E-state index contributed by atoms with van der Waals surface area (Å²) < 4.78 is 15.0. The molecule has 1 aromatic heterocycles. The third kappa shape index (κ3) is 2.61. The maximum absolute atomic E-state index is 6.52. The minimum atomic E-state index is 0.0881. The van der Waals surface area contributed by atoms with Crippen LogP contribution in [0.25, 0.3) is 22.0 Å². The molecule has 33 heavy (non-hydrogen) atoms. The number of aromatic nitrogens is 1. The standard InChI is InChI=1S/C29H21BNO2/c1-18-8-3-4-9-20(18)29-21-17-27-23(16-19(21)14-15-31(29)2)30-22-10-5-6-11-24(22)32-25-12-7-13-26(33-27)28(25)30/h3-17H,1-2H3/q+1. The van der Waals surface area contributed by atoms with E-state index in [9.17, 15) is 0 Å². The van der Waals surface area contributed by atoms with Crippen LogP contribution in [0, 0.1) is 6.92 Å². The normalized spacial score (nSPS) is 13.0. The molecular weight excluding hydrogens is 405 g/mol. The van der Waals surface area contributed by atoms with E-state index in [0.717, 1.165) is 28.5 Å². The highest BCUT2D eigenvalue weighted by Gasteiger charge is 2.40. The molecule has 3 heterocycles. The summed E-state index contributed by atoms with van der Waals surface area (Å²) in [6.45, 7) is 2.25. The van der Waals surface area contributed by atoms with E-state index in [4.69, 9.17) is 9.47 Å². The molecule has 0 spiro atoms. The van der Waals surface area contributed by atoms with E-state index in [-0.39, 0.29) is 6.71 Å². The Morgan fingerprint density at radius 2 is 1.42 bits per heavy atom. The Morgan fingerprint density at radius 3 is 2.27 bits per heavy atom. The Labute approximate surface area is 192 Å². The molecule has 0 unspecified atom stereocenters. The zero-order valence-electron chi connectivity index (χ0n) is 18.5. The van der Waals surface area contributed by atoms with E-state index in [2.05, 4.69) is 85.4 Å². The van der Waals surface area contributed by atoms with Gasteiger partial charge >= 0.3 is 0 Å². The second-order valence-electron chi connectivity index (χ2n) is 8.91. The molecule has 4 heteroatoms. The number of aryl methyl sites for hydroxylation is 2. The molecule has 0 radical (unpaired) electrons. The summed E-state index contributed by atoms with van der Waals surface area (Å²) in [5, 5.41) is 2.40. The lowest BCUT2D eigenvalue weighted by Crippen LogP contribution is -2.57. The molecule has 0 saturated heterocycles. The molecule has 7 rings (SSSR count). The van der Waals surface area contributed by atoms with Crippen LogP contribution in [0.1, 0.15) is 5.56 Å². The number of ether oxygens (including phenoxy) is 2. The molecule has 5 aromatic rings. The van der Waals surface area contributed by atoms with E-state index in [0.29, 0.717) is 0 Å². The molecule has 156 valence electrons. The maximum atomic E-state index is 6.52. The van der Waals surface area contributed by atoms with Gasteiger partial charge in [0.1, 0.15) is 30.0 Å². The number of nitrogens with zero attached hydrogens (tertiary/aromatic N) is 1. The average Bonchev–Trinajstić information content (AvgIpc) is 2.83. The third-order valence-electron chi connectivity index (χ3n) is 6.96. The van der Waals surface area contributed by atoms with Gasteiger partial charge in [0.25, 0.3) is 6.71 Å². The Kier molecular flexibility index (Phi) is 3.77. The molecule has 0 saturated carbocycles. The van der Waals surface area contributed by atoms with E-state index >= 15 is 0 Å². The molecule has 0 atom stereocenters. The number of hydrogen-bond donors (Lipinski definition) is 0. The van der Waals surface area contributed by atoms with Crippen LogP contribution in [0.2, 0.25) is 0 Å². The van der Waals surface area contributed by atoms with Gasteiger partial charge in [-0.25, -0.2) is 4.57 Å². The fourth-order valence-corrected chi connectivity index (χ4v) is 5.42. The highest BCUT2D eigenvalue weighted by atomic mass is 16.5. The highest BCUT2D eigenvalue weighted by Crippen LogP contribution is 2.37. The van der Waals surface area contributed by atoms with E-state index < -0.39 is 0 Å².